The number of nitrogens with two attached hydrogens (primary N) is 1. The first-order chi connectivity index (χ1) is 8.02. The zero-order valence-electron chi connectivity index (χ0n) is 10.0. The molecule has 0 unspecified atom stereocenters. The van der Waals surface area contributed by atoms with Gasteiger partial charge < -0.3 is 5.73 Å². The van der Waals surface area contributed by atoms with Crippen LogP contribution in [0.2, 0.25) is 5.02 Å². The van der Waals surface area contributed by atoms with E-state index in [-0.39, 0.29) is 0 Å². The van der Waals surface area contributed by atoms with Crippen molar-refractivity contribution < 1.29 is 0 Å². The molecular formula is C11H14ClN5. The number of hydrogen-bond donors (Lipinski definition) is 1. The first-order valence-electron chi connectivity index (χ1n) is 5.38. The van der Waals surface area contributed by atoms with E-state index in [9.17, 15) is 0 Å². The first-order valence-corrected chi connectivity index (χ1v) is 5.75. The highest BCUT2D eigenvalue weighted by atomic mass is 35.5. The second-order valence-corrected chi connectivity index (χ2v) is 4.24. The Morgan fingerprint density at radius 3 is 2.59 bits per heavy atom. The van der Waals surface area contributed by atoms with Gasteiger partial charge in [-0.2, -0.15) is 5.10 Å². The highest BCUT2D eigenvalue weighted by Gasteiger charge is 2.12. The molecule has 0 bridgehead atoms. The molecule has 2 aromatic heterocycles. The molecule has 0 aromatic carbocycles. The summed E-state index contributed by atoms with van der Waals surface area (Å²) in [4.78, 5) is 8.63. The van der Waals surface area contributed by atoms with E-state index in [1.165, 1.54) is 0 Å². The number of nitrogens with zero attached hydrogens (tertiary/aromatic N) is 4. The average Bonchev–Trinajstić information content (AvgIpc) is 2.62. The predicted molar refractivity (Wildman–Crippen MR) is 67.4 cm³/mol. The molecule has 0 atom stereocenters. The van der Waals surface area contributed by atoms with Crippen molar-refractivity contribution in [2.75, 3.05) is 5.73 Å². The SMILES string of the molecule is CCc1nc(N)c(C)c(-n2cc(Cl)c(C)n2)n1. The lowest BCUT2D eigenvalue weighted by Gasteiger charge is -2.08. The van der Waals surface area contributed by atoms with E-state index in [0.717, 1.165) is 17.7 Å². The monoisotopic (exact) mass is 251 g/mol. The van der Waals surface area contributed by atoms with Crippen molar-refractivity contribution >= 4 is 17.4 Å². The van der Waals surface area contributed by atoms with Gasteiger partial charge in [0, 0.05) is 12.0 Å². The maximum atomic E-state index is 5.99. The van der Waals surface area contributed by atoms with E-state index < -0.39 is 0 Å². The highest BCUT2D eigenvalue weighted by Crippen LogP contribution is 2.20. The third-order valence-corrected chi connectivity index (χ3v) is 2.95. The van der Waals surface area contributed by atoms with E-state index in [2.05, 4.69) is 15.1 Å². The van der Waals surface area contributed by atoms with Crippen LogP contribution in [0.3, 0.4) is 0 Å². The minimum Gasteiger partial charge on any atom is -0.383 e. The summed E-state index contributed by atoms with van der Waals surface area (Å²) in [6.45, 7) is 5.70. The molecule has 0 fully saturated rings. The molecule has 2 rings (SSSR count). The van der Waals surface area contributed by atoms with Crippen LogP contribution < -0.4 is 5.73 Å². The van der Waals surface area contributed by atoms with Gasteiger partial charge in [0.25, 0.3) is 0 Å². The Kier molecular flexibility index (Phi) is 3.02. The minimum absolute atomic E-state index is 0.483. The van der Waals surface area contributed by atoms with Crippen LogP contribution in [0.5, 0.6) is 0 Å². The number of hydrogen-bond acceptors (Lipinski definition) is 4. The number of aromatic nitrogens is 4. The summed E-state index contributed by atoms with van der Waals surface area (Å²) in [5, 5.41) is 4.91. The third-order valence-electron chi connectivity index (χ3n) is 2.58. The van der Waals surface area contributed by atoms with Gasteiger partial charge in [-0.3, -0.25) is 0 Å². The highest BCUT2D eigenvalue weighted by molar-refractivity contribution is 6.31. The molecule has 2 N–H and O–H groups in total. The minimum atomic E-state index is 0.483. The van der Waals surface area contributed by atoms with Crippen LogP contribution in [-0.2, 0) is 6.42 Å². The normalized spacial score (nSPS) is 10.8. The molecule has 0 saturated heterocycles. The van der Waals surface area contributed by atoms with Gasteiger partial charge in [0.2, 0.25) is 0 Å². The molecule has 2 heterocycles. The molecular weight excluding hydrogens is 238 g/mol. The van der Waals surface area contributed by atoms with Gasteiger partial charge in [0.15, 0.2) is 5.82 Å². The lowest BCUT2D eigenvalue weighted by Crippen LogP contribution is -2.09. The molecule has 90 valence electrons. The van der Waals surface area contributed by atoms with Gasteiger partial charge in [-0.1, -0.05) is 18.5 Å². The Morgan fingerprint density at radius 1 is 1.35 bits per heavy atom. The zero-order valence-corrected chi connectivity index (χ0v) is 10.8. The van der Waals surface area contributed by atoms with Crippen LogP contribution in [0.15, 0.2) is 6.20 Å². The fourth-order valence-corrected chi connectivity index (χ4v) is 1.63. The number of nitrogen functional groups attached to an aromatic ring is 1. The lowest BCUT2D eigenvalue weighted by atomic mass is 10.3. The quantitative estimate of drug-likeness (QED) is 0.887. The van der Waals surface area contributed by atoms with Crippen molar-refractivity contribution in [3.63, 3.8) is 0 Å². The van der Waals surface area contributed by atoms with Gasteiger partial charge in [-0.05, 0) is 13.8 Å². The summed E-state index contributed by atoms with van der Waals surface area (Å²) in [5.74, 6) is 1.87. The van der Waals surface area contributed by atoms with Gasteiger partial charge in [-0.25, -0.2) is 14.6 Å². The van der Waals surface area contributed by atoms with Crippen LogP contribution in [0.25, 0.3) is 5.82 Å². The third kappa shape index (κ3) is 2.10. The molecule has 17 heavy (non-hydrogen) atoms. The van der Waals surface area contributed by atoms with Gasteiger partial charge in [-0.15, -0.1) is 0 Å². The molecule has 5 nitrogen and oxygen atoms in total. The van der Waals surface area contributed by atoms with Crippen molar-refractivity contribution in [2.45, 2.75) is 27.2 Å². The van der Waals surface area contributed by atoms with Crippen LogP contribution in [0, 0.1) is 13.8 Å². The van der Waals surface area contributed by atoms with Crippen molar-refractivity contribution in [1.29, 1.82) is 0 Å². The number of halogens is 1. The molecule has 0 saturated carbocycles. The zero-order chi connectivity index (χ0) is 12.6. The van der Waals surface area contributed by atoms with Gasteiger partial charge in [0.05, 0.1) is 16.9 Å². The van der Waals surface area contributed by atoms with E-state index >= 15 is 0 Å². The van der Waals surface area contributed by atoms with Crippen molar-refractivity contribution in [3.05, 3.63) is 28.3 Å². The topological polar surface area (TPSA) is 69.6 Å². The second kappa shape index (κ2) is 4.33. The number of anilines is 1. The molecule has 2 aromatic rings. The second-order valence-electron chi connectivity index (χ2n) is 3.83. The molecule has 6 heteroatoms. The molecule has 0 amide bonds. The summed E-state index contributed by atoms with van der Waals surface area (Å²) in [6.07, 6.45) is 2.45. The number of aryl methyl sites for hydroxylation is 2. The Hall–Kier alpha value is -1.62. The Morgan fingerprint density at radius 2 is 2.06 bits per heavy atom. The van der Waals surface area contributed by atoms with Crippen molar-refractivity contribution in [3.8, 4) is 5.82 Å². The Balaban J connectivity index is 2.61. The smallest absolute Gasteiger partial charge is 0.162 e. The summed E-state index contributed by atoms with van der Waals surface area (Å²) in [7, 11) is 0. The van der Waals surface area contributed by atoms with Crippen molar-refractivity contribution in [2.24, 2.45) is 0 Å². The van der Waals surface area contributed by atoms with Crippen LogP contribution in [0.1, 0.15) is 24.0 Å². The standard InChI is InChI=1S/C11H14ClN5/c1-4-9-14-10(13)6(2)11(15-9)17-5-8(12)7(3)16-17/h5H,4H2,1-3H3,(H2,13,14,15). The van der Waals surface area contributed by atoms with Gasteiger partial charge >= 0.3 is 0 Å². The van der Waals surface area contributed by atoms with E-state index in [0.29, 0.717) is 22.5 Å². The molecule has 0 aliphatic rings. The molecule has 0 aliphatic carbocycles. The summed E-state index contributed by atoms with van der Waals surface area (Å²) in [5.41, 5.74) is 7.43. The molecule has 0 spiro atoms. The Bertz CT molecular complexity index is 542. The van der Waals surface area contributed by atoms with E-state index in [4.69, 9.17) is 17.3 Å². The first kappa shape index (κ1) is 11.9. The molecule has 0 radical (unpaired) electrons. The van der Waals surface area contributed by atoms with Crippen LogP contribution >= 0.6 is 11.6 Å². The number of rotatable bonds is 2. The Labute approximate surface area is 105 Å². The summed E-state index contributed by atoms with van der Waals surface area (Å²) >= 11 is 5.99. The molecule has 0 aliphatic heterocycles. The predicted octanol–water partition coefficient (Wildman–Crippen LogP) is 2.08. The maximum Gasteiger partial charge on any atom is 0.162 e. The summed E-state index contributed by atoms with van der Waals surface area (Å²) < 4.78 is 1.64. The van der Waals surface area contributed by atoms with Crippen LogP contribution in [0.4, 0.5) is 5.82 Å². The fourth-order valence-electron chi connectivity index (χ4n) is 1.50. The largest absolute Gasteiger partial charge is 0.383 e. The summed E-state index contributed by atoms with van der Waals surface area (Å²) in [6, 6.07) is 0. The fraction of sp³-hybridized carbons (Fsp3) is 0.364. The lowest BCUT2D eigenvalue weighted by molar-refractivity contribution is 0.796. The van der Waals surface area contributed by atoms with Crippen LogP contribution in [-0.4, -0.2) is 19.7 Å². The van der Waals surface area contributed by atoms with E-state index in [1.54, 1.807) is 10.9 Å². The average molecular weight is 252 g/mol. The maximum absolute atomic E-state index is 5.99. The van der Waals surface area contributed by atoms with E-state index in [1.807, 2.05) is 20.8 Å². The van der Waals surface area contributed by atoms with Gasteiger partial charge in [0.1, 0.15) is 11.6 Å². The van der Waals surface area contributed by atoms with Crippen molar-refractivity contribution in [1.82, 2.24) is 19.7 Å².